The van der Waals surface area contributed by atoms with Crippen molar-refractivity contribution in [1.29, 1.82) is 0 Å². The summed E-state index contributed by atoms with van der Waals surface area (Å²) in [6.07, 6.45) is 1.55. The van der Waals surface area contributed by atoms with E-state index in [1.165, 1.54) is 0 Å². The molecule has 6 heteroatoms. The van der Waals surface area contributed by atoms with Crippen LogP contribution in [0.25, 0.3) is 11.3 Å². The minimum absolute atomic E-state index is 0.180. The van der Waals surface area contributed by atoms with Crippen LogP contribution in [0.4, 0.5) is 5.95 Å². The van der Waals surface area contributed by atoms with Gasteiger partial charge in [0.1, 0.15) is 0 Å². The van der Waals surface area contributed by atoms with Gasteiger partial charge in [0, 0.05) is 11.8 Å². The van der Waals surface area contributed by atoms with Gasteiger partial charge < -0.3 is 5.73 Å². The Labute approximate surface area is 107 Å². The maximum Gasteiger partial charge on any atom is 0.220 e. The van der Waals surface area contributed by atoms with Crippen LogP contribution in [-0.4, -0.2) is 9.97 Å². The first-order valence-electron chi connectivity index (χ1n) is 4.32. The SMILES string of the molecule is Nc1nccc(-c2ccc(Cl)c(Cl)c2Cl)n1. The molecular weight excluding hydrogens is 268 g/mol. The molecule has 0 radical (unpaired) electrons. The highest BCUT2D eigenvalue weighted by molar-refractivity contribution is 6.49. The van der Waals surface area contributed by atoms with Crippen LogP contribution in [0.1, 0.15) is 0 Å². The van der Waals surface area contributed by atoms with Gasteiger partial charge in [0.25, 0.3) is 0 Å². The van der Waals surface area contributed by atoms with Crippen molar-refractivity contribution in [2.24, 2.45) is 0 Å². The van der Waals surface area contributed by atoms with E-state index in [0.717, 1.165) is 0 Å². The third kappa shape index (κ3) is 2.07. The monoisotopic (exact) mass is 273 g/mol. The summed E-state index contributed by atoms with van der Waals surface area (Å²) in [7, 11) is 0. The lowest BCUT2D eigenvalue weighted by atomic mass is 10.1. The van der Waals surface area contributed by atoms with Gasteiger partial charge in [-0.2, -0.15) is 0 Å². The number of nitrogen functional groups attached to an aromatic ring is 1. The predicted molar refractivity (Wildman–Crippen MR) is 66.9 cm³/mol. The fourth-order valence-electron chi connectivity index (χ4n) is 1.25. The highest BCUT2D eigenvalue weighted by Gasteiger charge is 2.11. The summed E-state index contributed by atoms with van der Waals surface area (Å²) in [5, 5.41) is 1.06. The van der Waals surface area contributed by atoms with Gasteiger partial charge in [-0.1, -0.05) is 34.8 Å². The van der Waals surface area contributed by atoms with Gasteiger partial charge in [0.05, 0.1) is 20.8 Å². The van der Waals surface area contributed by atoms with E-state index in [4.69, 9.17) is 40.5 Å². The third-order valence-electron chi connectivity index (χ3n) is 1.99. The summed E-state index contributed by atoms with van der Waals surface area (Å²) in [4.78, 5) is 7.86. The number of rotatable bonds is 1. The van der Waals surface area contributed by atoms with Gasteiger partial charge in [0.2, 0.25) is 5.95 Å². The second kappa shape index (κ2) is 4.45. The fraction of sp³-hybridized carbons (Fsp3) is 0. The number of hydrogen-bond donors (Lipinski definition) is 1. The molecule has 0 saturated carbocycles. The highest BCUT2D eigenvalue weighted by Crippen LogP contribution is 2.37. The number of benzene rings is 1. The predicted octanol–water partition coefficient (Wildman–Crippen LogP) is 3.69. The maximum atomic E-state index is 6.07. The van der Waals surface area contributed by atoms with Gasteiger partial charge in [-0.25, -0.2) is 9.97 Å². The van der Waals surface area contributed by atoms with Crippen molar-refractivity contribution < 1.29 is 0 Å². The molecule has 82 valence electrons. The first-order chi connectivity index (χ1) is 7.59. The lowest BCUT2D eigenvalue weighted by molar-refractivity contribution is 1.19. The summed E-state index contributed by atoms with van der Waals surface area (Å²) < 4.78 is 0. The number of aromatic nitrogens is 2. The lowest BCUT2D eigenvalue weighted by Gasteiger charge is -2.06. The average molecular weight is 275 g/mol. The normalized spacial score (nSPS) is 10.4. The Bertz CT molecular complexity index is 543. The van der Waals surface area contributed by atoms with Gasteiger partial charge >= 0.3 is 0 Å². The summed E-state index contributed by atoms with van der Waals surface area (Å²) in [5.41, 5.74) is 6.77. The standard InChI is InChI=1S/C10H6Cl3N3/c11-6-2-1-5(8(12)9(6)13)7-3-4-15-10(14)16-7/h1-4H,(H2,14,15,16). The first-order valence-corrected chi connectivity index (χ1v) is 5.45. The van der Waals surface area contributed by atoms with E-state index in [0.29, 0.717) is 26.3 Å². The van der Waals surface area contributed by atoms with Crippen LogP contribution in [0.15, 0.2) is 24.4 Å². The zero-order valence-corrected chi connectivity index (χ0v) is 10.2. The van der Waals surface area contributed by atoms with Crippen LogP contribution in [0, 0.1) is 0 Å². The molecule has 1 heterocycles. The molecule has 2 N–H and O–H groups in total. The smallest absolute Gasteiger partial charge is 0.220 e. The van der Waals surface area contributed by atoms with E-state index in [9.17, 15) is 0 Å². The van der Waals surface area contributed by atoms with Crippen LogP contribution < -0.4 is 5.73 Å². The quantitative estimate of drug-likeness (QED) is 0.807. The van der Waals surface area contributed by atoms with Crippen molar-refractivity contribution in [3.8, 4) is 11.3 Å². The lowest BCUT2D eigenvalue weighted by Crippen LogP contribution is -1.95. The van der Waals surface area contributed by atoms with E-state index >= 15 is 0 Å². The van der Waals surface area contributed by atoms with Gasteiger partial charge in [-0.15, -0.1) is 0 Å². The molecule has 0 bridgehead atoms. The molecular formula is C10H6Cl3N3. The number of nitrogens with two attached hydrogens (primary N) is 1. The molecule has 0 aliphatic heterocycles. The first kappa shape index (κ1) is 11.5. The second-order valence-corrected chi connectivity index (χ2v) is 4.19. The van der Waals surface area contributed by atoms with Gasteiger partial charge in [0.15, 0.2) is 0 Å². The number of anilines is 1. The molecule has 1 aromatic carbocycles. The Morgan fingerprint density at radius 3 is 2.44 bits per heavy atom. The number of halogens is 3. The Balaban J connectivity index is 2.61. The van der Waals surface area contributed by atoms with Crippen LogP contribution in [-0.2, 0) is 0 Å². The number of hydrogen-bond acceptors (Lipinski definition) is 3. The molecule has 0 amide bonds. The van der Waals surface area contributed by atoms with E-state index in [2.05, 4.69) is 9.97 Å². The molecule has 0 saturated heterocycles. The number of nitrogens with zero attached hydrogens (tertiary/aromatic N) is 2. The van der Waals surface area contributed by atoms with Crippen molar-refractivity contribution in [2.45, 2.75) is 0 Å². The molecule has 0 atom stereocenters. The molecule has 0 aliphatic rings. The Hall–Kier alpha value is -1.03. The minimum atomic E-state index is 0.180. The second-order valence-electron chi connectivity index (χ2n) is 3.02. The van der Waals surface area contributed by atoms with E-state index in [1.807, 2.05) is 0 Å². The largest absolute Gasteiger partial charge is 0.368 e. The summed E-state index contributed by atoms with van der Waals surface area (Å²) in [6, 6.07) is 5.09. The van der Waals surface area contributed by atoms with Gasteiger partial charge in [-0.05, 0) is 18.2 Å². The van der Waals surface area contributed by atoms with Gasteiger partial charge in [-0.3, -0.25) is 0 Å². The summed E-state index contributed by atoms with van der Waals surface area (Å²) >= 11 is 17.8. The third-order valence-corrected chi connectivity index (χ3v) is 3.28. The summed E-state index contributed by atoms with van der Waals surface area (Å²) in [5.74, 6) is 0.180. The Morgan fingerprint density at radius 1 is 1.00 bits per heavy atom. The summed E-state index contributed by atoms with van der Waals surface area (Å²) in [6.45, 7) is 0. The highest BCUT2D eigenvalue weighted by atomic mass is 35.5. The molecule has 2 rings (SSSR count). The average Bonchev–Trinajstić information content (AvgIpc) is 2.26. The zero-order chi connectivity index (χ0) is 11.7. The zero-order valence-electron chi connectivity index (χ0n) is 7.92. The molecule has 16 heavy (non-hydrogen) atoms. The molecule has 1 aromatic heterocycles. The minimum Gasteiger partial charge on any atom is -0.368 e. The Kier molecular flexibility index (Phi) is 3.19. The molecule has 2 aromatic rings. The van der Waals surface area contributed by atoms with Crippen molar-refractivity contribution in [3.05, 3.63) is 39.5 Å². The van der Waals surface area contributed by atoms with Crippen molar-refractivity contribution in [1.82, 2.24) is 9.97 Å². The fourth-order valence-corrected chi connectivity index (χ4v) is 1.88. The molecule has 0 spiro atoms. The van der Waals surface area contributed by atoms with E-state index in [-0.39, 0.29) is 5.95 Å². The molecule has 0 unspecified atom stereocenters. The molecule has 0 fully saturated rings. The Morgan fingerprint density at radius 2 is 1.75 bits per heavy atom. The molecule has 0 aliphatic carbocycles. The molecule has 3 nitrogen and oxygen atoms in total. The maximum absolute atomic E-state index is 6.07. The van der Waals surface area contributed by atoms with Crippen LogP contribution in [0.3, 0.4) is 0 Å². The van der Waals surface area contributed by atoms with Crippen molar-refractivity contribution in [2.75, 3.05) is 5.73 Å². The van der Waals surface area contributed by atoms with E-state index in [1.54, 1.807) is 24.4 Å². The topological polar surface area (TPSA) is 51.8 Å². The van der Waals surface area contributed by atoms with Crippen LogP contribution in [0.2, 0.25) is 15.1 Å². The van der Waals surface area contributed by atoms with Crippen molar-refractivity contribution >= 4 is 40.8 Å². The van der Waals surface area contributed by atoms with E-state index < -0.39 is 0 Å². The van der Waals surface area contributed by atoms with Crippen molar-refractivity contribution in [3.63, 3.8) is 0 Å². The van der Waals surface area contributed by atoms with Crippen LogP contribution in [0.5, 0.6) is 0 Å². The van der Waals surface area contributed by atoms with Crippen LogP contribution >= 0.6 is 34.8 Å².